The molecule has 0 bridgehead atoms. The maximum atomic E-state index is 5.79. The second kappa shape index (κ2) is 3.43. The first-order valence-corrected chi connectivity index (χ1v) is 3.57. The van der Waals surface area contributed by atoms with Crippen LogP contribution in [0.25, 0.3) is 0 Å². The van der Waals surface area contributed by atoms with Gasteiger partial charge in [-0.2, -0.15) is 0 Å². The molecule has 0 atom stereocenters. The highest BCUT2D eigenvalue weighted by Crippen LogP contribution is 2.27. The van der Waals surface area contributed by atoms with Crippen molar-refractivity contribution in [1.29, 1.82) is 0 Å². The summed E-state index contributed by atoms with van der Waals surface area (Å²) in [5.74, 6) is 0.199. The van der Waals surface area contributed by atoms with Gasteiger partial charge in [-0.15, -0.1) is 0 Å². The molecule has 3 heteroatoms. The van der Waals surface area contributed by atoms with E-state index in [0.717, 1.165) is 0 Å². The molecule has 0 N–H and O–H groups in total. The molecule has 9 heavy (non-hydrogen) atoms. The SMILES string of the molecule is CN=CC(Cl)(Cl)C(C)C. The van der Waals surface area contributed by atoms with Gasteiger partial charge in [0.1, 0.15) is 0 Å². The van der Waals surface area contributed by atoms with Gasteiger partial charge in [-0.3, -0.25) is 4.99 Å². The van der Waals surface area contributed by atoms with Crippen LogP contribution in [0.15, 0.2) is 4.99 Å². The minimum atomic E-state index is -0.797. The summed E-state index contributed by atoms with van der Waals surface area (Å²) in [6, 6.07) is 0. The van der Waals surface area contributed by atoms with Crippen molar-refractivity contribution in [3.8, 4) is 0 Å². The minimum absolute atomic E-state index is 0.199. The largest absolute Gasteiger partial charge is 0.298 e. The first kappa shape index (κ1) is 9.25. The van der Waals surface area contributed by atoms with Gasteiger partial charge < -0.3 is 0 Å². The maximum absolute atomic E-state index is 5.79. The van der Waals surface area contributed by atoms with Gasteiger partial charge in [0.05, 0.1) is 0 Å². The Morgan fingerprint density at radius 2 is 1.89 bits per heavy atom. The number of alkyl halides is 2. The van der Waals surface area contributed by atoms with Crippen LogP contribution < -0.4 is 0 Å². The van der Waals surface area contributed by atoms with Gasteiger partial charge in [0, 0.05) is 13.3 Å². The quantitative estimate of drug-likeness (QED) is 0.443. The lowest BCUT2D eigenvalue weighted by Crippen LogP contribution is -2.22. The predicted molar refractivity (Wildman–Crippen MR) is 43.7 cm³/mol. The van der Waals surface area contributed by atoms with E-state index in [1.165, 1.54) is 0 Å². The van der Waals surface area contributed by atoms with Crippen molar-refractivity contribution >= 4 is 29.4 Å². The van der Waals surface area contributed by atoms with E-state index >= 15 is 0 Å². The van der Waals surface area contributed by atoms with Gasteiger partial charge in [-0.1, -0.05) is 37.0 Å². The molecular formula is C6H11Cl2N. The zero-order valence-electron chi connectivity index (χ0n) is 5.86. The van der Waals surface area contributed by atoms with Crippen LogP contribution in [0.2, 0.25) is 0 Å². The van der Waals surface area contributed by atoms with Crippen LogP contribution in [0.1, 0.15) is 13.8 Å². The molecule has 0 heterocycles. The van der Waals surface area contributed by atoms with Crippen LogP contribution >= 0.6 is 23.2 Å². The topological polar surface area (TPSA) is 12.4 Å². The van der Waals surface area contributed by atoms with Crippen molar-refractivity contribution in [3.05, 3.63) is 0 Å². The third kappa shape index (κ3) is 3.07. The summed E-state index contributed by atoms with van der Waals surface area (Å²) in [5.41, 5.74) is 0. The van der Waals surface area contributed by atoms with Crippen molar-refractivity contribution in [3.63, 3.8) is 0 Å². The third-order valence-electron chi connectivity index (χ3n) is 1.07. The van der Waals surface area contributed by atoms with Crippen molar-refractivity contribution < 1.29 is 0 Å². The Kier molecular flexibility index (Phi) is 3.52. The van der Waals surface area contributed by atoms with Crippen molar-refractivity contribution in [2.45, 2.75) is 18.2 Å². The molecule has 0 unspecified atom stereocenters. The van der Waals surface area contributed by atoms with E-state index in [1.54, 1.807) is 13.3 Å². The number of hydrogen-bond donors (Lipinski definition) is 0. The number of hydrogen-bond acceptors (Lipinski definition) is 1. The average Bonchev–Trinajstić information content (AvgIpc) is 1.65. The smallest absolute Gasteiger partial charge is 0.154 e. The molecular weight excluding hydrogens is 157 g/mol. The normalized spacial score (nSPS) is 13.6. The molecule has 0 saturated heterocycles. The van der Waals surface area contributed by atoms with Crippen molar-refractivity contribution in [1.82, 2.24) is 0 Å². The van der Waals surface area contributed by atoms with Gasteiger partial charge in [-0.25, -0.2) is 0 Å². The van der Waals surface area contributed by atoms with E-state index in [-0.39, 0.29) is 5.92 Å². The minimum Gasteiger partial charge on any atom is -0.298 e. The lowest BCUT2D eigenvalue weighted by Gasteiger charge is -2.17. The molecule has 0 fully saturated rings. The summed E-state index contributed by atoms with van der Waals surface area (Å²) < 4.78 is -0.797. The number of nitrogens with zero attached hydrogens (tertiary/aromatic N) is 1. The highest BCUT2D eigenvalue weighted by molar-refractivity contribution is 6.56. The number of halogens is 2. The van der Waals surface area contributed by atoms with E-state index in [0.29, 0.717) is 0 Å². The highest BCUT2D eigenvalue weighted by atomic mass is 35.5. The van der Waals surface area contributed by atoms with E-state index in [9.17, 15) is 0 Å². The average molecular weight is 168 g/mol. The Morgan fingerprint density at radius 3 is 2.00 bits per heavy atom. The summed E-state index contributed by atoms with van der Waals surface area (Å²) >= 11 is 11.6. The Balaban J connectivity index is 4.01. The molecule has 0 aliphatic rings. The molecule has 0 aliphatic carbocycles. The fraction of sp³-hybridized carbons (Fsp3) is 0.833. The number of rotatable bonds is 2. The summed E-state index contributed by atoms with van der Waals surface area (Å²) in [6.07, 6.45) is 1.54. The van der Waals surface area contributed by atoms with E-state index in [1.807, 2.05) is 13.8 Å². The first-order chi connectivity index (χ1) is 4.00. The molecule has 0 spiro atoms. The molecule has 0 aromatic rings. The van der Waals surface area contributed by atoms with Gasteiger partial charge in [0.2, 0.25) is 0 Å². The molecule has 0 amide bonds. The third-order valence-corrected chi connectivity index (χ3v) is 2.14. The van der Waals surface area contributed by atoms with Crippen LogP contribution in [0.3, 0.4) is 0 Å². The van der Waals surface area contributed by atoms with Gasteiger partial charge >= 0.3 is 0 Å². The van der Waals surface area contributed by atoms with Crippen LogP contribution in [0, 0.1) is 5.92 Å². The Labute approximate surface area is 66.1 Å². The Bertz CT molecular complexity index is 108. The fourth-order valence-corrected chi connectivity index (χ4v) is 0.516. The Morgan fingerprint density at radius 1 is 1.44 bits per heavy atom. The zero-order chi connectivity index (χ0) is 7.49. The van der Waals surface area contributed by atoms with E-state index in [4.69, 9.17) is 23.2 Å². The molecule has 0 aromatic carbocycles. The van der Waals surface area contributed by atoms with Crippen LogP contribution in [-0.4, -0.2) is 17.6 Å². The molecule has 0 saturated carbocycles. The summed E-state index contributed by atoms with van der Waals surface area (Å²) in [5, 5.41) is 0. The standard InChI is InChI=1S/C6H11Cl2N/c1-5(2)6(7,8)4-9-3/h4-5H,1-3H3. The molecule has 0 aromatic heterocycles. The summed E-state index contributed by atoms with van der Waals surface area (Å²) in [4.78, 5) is 3.74. The molecule has 0 radical (unpaired) electrons. The van der Waals surface area contributed by atoms with Crippen LogP contribution in [-0.2, 0) is 0 Å². The summed E-state index contributed by atoms with van der Waals surface area (Å²) in [6.45, 7) is 3.89. The highest BCUT2D eigenvalue weighted by Gasteiger charge is 2.25. The van der Waals surface area contributed by atoms with Gasteiger partial charge in [0.25, 0.3) is 0 Å². The lowest BCUT2D eigenvalue weighted by molar-refractivity contribution is 0.656. The van der Waals surface area contributed by atoms with E-state index in [2.05, 4.69) is 4.99 Å². The van der Waals surface area contributed by atoms with Crippen LogP contribution in [0.4, 0.5) is 0 Å². The first-order valence-electron chi connectivity index (χ1n) is 2.82. The van der Waals surface area contributed by atoms with Gasteiger partial charge in [0.15, 0.2) is 4.33 Å². The lowest BCUT2D eigenvalue weighted by atomic mass is 10.1. The molecule has 1 nitrogen and oxygen atoms in total. The van der Waals surface area contributed by atoms with Crippen molar-refractivity contribution in [2.75, 3.05) is 7.05 Å². The Hall–Kier alpha value is 0.250. The molecule has 0 rings (SSSR count). The summed E-state index contributed by atoms with van der Waals surface area (Å²) in [7, 11) is 1.65. The van der Waals surface area contributed by atoms with E-state index < -0.39 is 4.33 Å². The predicted octanol–water partition coefficient (Wildman–Crippen LogP) is 2.52. The number of aliphatic imine (C=N–C) groups is 1. The second-order valence-electron chi connectivity index (χ2n) is 2.22. The second-order valence-corrected chi connectivity index (χ2v) is 3.66. The fourth-order valence-electron chi connectivity index (χ4n) is 0.321. The molecule has 0 aliphatic heterocycles. The van der Waals surface area contributed by atoms with Crippen LogP contribution in [0.5, 0.6) is 0 Å². The monoisotopic (exact) mass is 167 g/mol. The molecule has 54 valence electrons. The van der Waals surface area contributed by atoms with Gasteiger partial charge in [-0.05, 0) is 5.92 Å². The zero-order valence-corrected chi connectivity index (χ0v) is 7.37. The maximum Gasteiger partial charge on any atom is 0.154 e. The van der Waals surface area contributed by atoms with Crippen molar-refractivity contribution in [2.24, 2.45) is 10.9 Å².